The van der Waals surface area contributed by atoms with Crippen LogP contribution >= 0.6 is 11.6 Å². The van der Waals surface area contributed by atoms with E-state index in [1.54, 1.807) is 13.2 Å². The van der Waals surface area contributed by atoms with E-state index in [9.17, 15) is 5.11 Å². The molecule has 0 heterocycles. The molecule has 1 aromatic rings. The second-order valence-electron chi connectivity index (χ2n) is 4.26. The fraction of sp³-hybridized carbons (Fsp3) is 0.538. The van der Waals surface area contributed by atoms with E-state index in [4.69, 9.17) is 21.1 Å². The van der Waals surface area contributed by atoms with Crippen LogP contribution in [0, 0.1) is 0 Å². The van der Waals surface area contributed by atoms with Crippen LogP contribution in [-0.4, -0.2) is 32.0 Å². The molecule has 0 bridgehead atoms. The van der Waals surface area contributed by atoms with Crippen LogP contribution in [0.4, 0.5) is 0 Å². The molecule has 0 saturated heterocycles. The lowest BCUT2D eigenvalue weighted by Crippen LogP contribution is -2.30. The average molecular weight is 274 g/mol. The second-order valence-corrected chi connectivity index (χ2v) is 4.64. The Morgan fingerprint density at radius 2 is 1.94 bits per heavy atom. The minimum absolute atomic E-state index is 0.0343. The molecule has 0 aliphatic heterocycles. The van der Waals surface area contributed by atoms with Crippen LogP contribution in [0.2, 0.25) is 5.02 Å². The number of ether oxygens (including phenoxy) is 2. The van der Waals surface area contributed by atoms with Gasteiger partial charge < -0.3 is 19.9 Å². The van der Waals surface area contributed by atoms with Crippen molar-refractivity contribution in [2.24, 2.45) is 0 Å². The lowest BCUT2D eigenvalue weighted by Gasteiger charge is -2.22. The zero-order valence-electron chi connectivity index (χ0n) is 11.2. The lowest BCUT2D eigenvalue weighted by molar-refractivity contribution is 0.237. The van der Waals surface area contributed by atoms with E-state index in [1.807, 2.05) is 19.9 Å². The normalized spacial score (nSPS) is 12.6. The topological polar surface area (TPSA) is 50.7 Å². The number of rotatable bonds is 6. The number of methoxy groups -OCH3 is 2. The van der Waals surface area contributed by atoms with Gasteiger partial charge in [-0.3, -0.25) is 0 Å². The maximum absolute atomic E-state index is 9.45. The zero-order valence-corrected chi connectivity index (χ0v) is 11.9. The van der Waals surface area contributed by atoms with Gasteiger partial charge in [0, 0.05) is 6.04 Å². The van der Waals surface area contributed by atoms with Gasteiger partial charge in [0.2, 0.25) is 0 Å². The summed E-state index contributed by atoms with van der Waals surface area (Å²) in [5, 5.41) is 13.2. The summed E-state index contributed by atoms with van der Waals surface area (Å²) in [5.41, 5.74) is 0.797. The van der Waals surface area contributed by atoms with E-state index in [2.05, 4.69) is 5.32 Å². The van der Waals surface area contributed by atoms with Crippen molar-refractivity contribution in [1.29, 1.82) is 0 Å². The molecule has 0 radical (unpaired) electrons. The van der Waals surface area contributed by atoms with E-state index in [0.29, 0.717) is 16.5 Å². The summed E-state index contributed by atoms with van der Waals surface area (Å²) in [4.78, 5) is 0. The highest BCUT2D eigenvalue weighted by atomic mass is 35.5. The number of halogens is 1. The van der Waals surface area contributed by atoms with Gasteiger partial charge in [-0.2, -0.15) is 0 Å². The molecule has 0 aromatic heterocycles. The number of nitrogens with one attached hydrogen (secondary N) is 1. The average Bonchev–Trinajstić information content (AvgIpc) is 2.35. The second kappa shape index (κ2) is 6.83. The van der Waals surface area contributed by atoms with Crippen LogP contribution in [0.5, 0.6) is 11.5 Å². The maximum atomic E-state index is 9.45. The third kappa shape index (κ3) is 3.28. The van der Waals surface area contributed by atoms with Gasteiger partial charge >= 0.3 is 0 Å². The Kier molecular flexibility index (Phi) is 5.72. The third-order valence-corrected chi connectivity index (χ3v) is 3.00. The molecule has 0 aliphatic rings. The molecule has 0 spiro atoms. The van der Waals surface area contributed by atoms with Crippen molar-refractivity contribution in [3.05, 3.63) is 22.7 Å². The van der Waals surface area contributed by atoms with E-state index in [1.165, 1.54) is 7.11 Å². The van der Waals surface area contributed by atoms with Crippen molar-refractivity contribution in [1.82, 2.24) is 5.32 Å². The first kappa shape index (κ1) is 15.1. The number of aliphatic hydroxyl groups excluding tert-OH is 1. The SMILES string of the molecule is COc1ccc(C(CO)NC(C)C)c(Cl)c1OC. The summed E-state index contributed by atoms with van der Waals surface area (Å²) >= 11 is 6.29. The van der Waals surface area contributed by atoms with E-state index >= 15 is 0 Å². The quantitative estimate of drug-likeness (QED) is 0.836. The van der Waals surface area contributed by atoms with Crippen LogP contribution < -0.4 is 14.8 Å². The van der Waals surface area contributed by atoms with Gasteiger partial charge in [-0.05, 0) is 11.6 Å². The molecule has 18 heavy (non-hydrogen) atoms. The Balaban J connectivity index is 3.16. The molecule has 0 saturated carbocycles. The standard InChI is InChI=1S/C13H20ClNO3/c1-8(2)15-10(7-16)9-5-6-11(17-3)13(18-4)12(9)14/h5-6,8,10,15-16H,7H2,1-4H3. The highest BCUT2D eigenvalue weighted by Gasteiger charge is 2.20. The van der Waals surface area contributed by atoms with Crippen LogP contribution in [0.15, 0.2) is 12.1 Å². The molecular formula is C13H20ClNO3. The van der Waals surface area contributed by atoms with Crippen LogP contribution in [0.1, 0.15) is 25.5 Å². The highest BCUT2D eigenvalue weighted by molar-refractivity contribution is 6.33. The lowest BCUT2D eigenvalue weighted by atomic mass is 10.1. The van der Waals surface area contributed by atoms with Crippen molar-refractivity contribution in [2.45, 2.75) is 25.9 Å². The van der Waals surface area contributed by atoms with E-state index in [0.717, 1.165) is 5.56 Å². The van der Waals surface area contributed by atoms with Gasteiger partial charge in [0.25, 0.3) is 0 Å². The molecule has 1 unspecified atom stereocenters. The minimum atomic E-state index is -0.225. The van der Waals surface area contributed by atoms with Crippen molar-refractivity contribution in [3.63, 3.8) is 0 Å². The molecule has 0 fully saturated rings. The molecule has 1 atom stereocenters. The Hall–Kier alpha value is -0.970. The summed E-state index contributed by atoms with van der Waals surface area (Å²) in [7, 11) is 3.10. The van der Waals surface area contributed by atoms with Crippen molar-refractivity contribution in [3.8, 4) is 11.5 Å². The first-order chi connectivity index (χ1) is 8.54. The Morgan fingerprint density at radius 3 is 2.39 bits per heavy atom. The van der Waals surface area contributed by atoms with E-state index in [-0.39, 0.29) is 18.7 Å². The molecular weight excluding hydrogens is 254 g/mol. The first-order valence-corrected chi connectivity index (χ1v) is 6.20. The van der Waals surface area contributed by atoms with Crippen LogP contribution in [0.3, 0.4) is 0 Å². The number of hydrogen-bond acceptors (Lipinski definition) is 4. The first-order valence-electron chi connectivity index (χ1n) is 5.82. The number of hydrogen-bond donors (Lipinski definition) is 2. The molecule has 1 rings (SSSR count). The largest absolute Gasteiger partial charge is 0.493 e. The molecule has 102 valence electrons. The van der Waals surface area contributed by atoms with Gasteiger partial charge in [0.15, 0.2) is 11.5 Å². The Bertz CT molecular complexity index is 396. The van der Waals surface area contributed by atoms with Crippen molar-refractivity contribution < 1.29 is 14.6 Å². The molecule has 4 nitrogen and oxygen atoms in total. The van der Waals surface area contributed by atoms with Gasteiger partial charge in [0.05, 0.1) is 31.9 Å². The molecule has 0 aliphatic carbocycles. The summed E-state index contributed by atoms with van der Waals surface area (Å²) in [6.07, 6.45) is 0. The number of benzene rings is 1. The minimum Gasteiger partial charge on any atom is -0.493 e. The van der Waals surface area contributed by atoms with E-state index < -0.39 is 0 Å². The summed E-state index contributed by atoms with van der Waals surface area (Å²) < 4.78 is 10.4. The molecule has 5 heteroatoms. The summed E-state index contributed by atoms with van der Waals surface area (Å²) in [6.45, 7) is 3.99. The maximum Gasteiger partial charge on any atom is 0.179 e. The van der Waals surface area contributed by atoms with Gasteiger partial charge in [-0.25, -0.2) is 0 Å². The smallest absolute Gasteiger partial charge is 0.179 e. The summed E-state index contributed by atoms with van der Waals surface area (Å²) in [5.74, 6) is 1.06. The Labute approximate surface area is 113 Å². The third-order valence-electron chi connectivity index (χ3n) is 2.61. The fourth-order valence-electron chi connectivity index (χ4n) is 1.82. The van der Waals surface area contributed by atoms with Gasteiger partial charge in [0.1, 0.15) is 0 Å². The zero-order chi connectivity index (χ0) is 13.7. The van der Waals surface area contributed by atoms with Gasteiger partial charge in [-0.15, -0.1) is 0 Å². The molecule has 0 amide bonds. The molecule has 1 aromatic carbocycles. The van der Waals surface area contributed by atoms with Crippen LogP contribution in [0.25, 0.3) is 0 Å². The Morgan fingerprint density at radius 1 is 1.28 bits per heavy atom. The fourth-order valence-corrected chi connectivity index (χ4v) is 2.18. The van der Waals surface area contributed by atoms with Crippen LogP contribution in [-0.2, 0) is 0 Å². The summed E-state index contributed by atoms with van der Waals surface area (Å²) in [6, 6.07) is 3.63. The monoisotopic (exact) mass is 273 g/mol. The molecule has 2 N–H and O–H groups in total. The van der Waals surface area contributed by atoms with Crippen molar-refractivity contribution in [2.75, 3.05) is 20.8 Å². The predicted octanol–water partition coefficient (Wildman–Crippen LogP) is 2.39. The number of aliphatic hydroxyl groups is 1. The van der Waals surface area contributed by atoms with Crippen molar-refractivity contribution >= 4 is 11.6 Å². The highest BCUT2D eigenvalue weighted by Crippen LogP contribution is 2.39. The van der Waals surface area contributed by atoms with Gasteiger partial charge in [-0.1, -0.05) is 31.5 Å². The predicted molar refractivity (Wildman–Crippen MR) is 72.7 cm³/mol.